The Morgan fingerprint density at radius 2 is 2.00 bits per heavy atom. The summed E-state index contributed by atoms with van der Waals surface area (Å²) in [5.41, 5.74) is -0.207. The maximum Gasteiger partial charge on any atom is 0.491 e. The first-order valence-corrected chi connectivity index (χ1v) is 4.30. The topological polar surface area (TPSA) is 52.6 Å². The van der Waals surface area contributed by atoms with Crippen LogP contribution in [0, 0.1) is 0 Å². The molecule has 92 valence electrons. The van der Waals surface area contributed by atoms with Crippen LogP contribution < -0.4 is 9.47 Å². The summed E-state index contributed by atoms with van der Waals surface area (Å²) in [6, 6.07) is 3.48. The van der Waals surface area contributed by atoms with Crippen molar-refractivity contribution < 1.29 is 32.2 Å². The van der Waals surface area contributed by atoms with Crippen LogP contribution in [0.15, 0.2) is 18.2 Å². The fourth-order valence-electron chi connectivity index (χ4n) is 0.996. The summed E-state index contributed by atoms with van der Waals surface area (Å²) in [6.07, 6.45) is -4.85. The van der Waals surface area contributed by atoms with Crippen molar-refractivity contribution in [1.82, 2.24) is 0 Å². The second-order valence-corrected chi connectivity index (χ2v) is 2.91. The SMILES string of the molecule is COc1ccc(OC(=O)C(F)(F)F)c(C=O)c1. The van der Waals surface area contributed by atoms with Crippen LogP contribution >= 0.6 is 0 Å². The van der Waals surface area contributed by atoms with Gasteiger partial charge in [-0.2, -0.15) is 13.2 Å². The predicted molar refractivity (Wildman–Crippen MR) is 50.1 cm³/mol. The molecule has 0 bridgehead atoms. The van der Waals surface area contributed by atoms with Crippen molar-refractivity contribution in [2.45, 2.75) is 6.18 Å². The quantitative estimate of drug-likeness (QED) is 0.466. The summed E-state index contributed by atoms with van der Waals surface area (Å²) in [7, 11) is 1.32. The van der Waals surface area contributed by atoms with Crippen LogP contribution in [0.25, 0.3) is 0 Å². The zero-order valence-electron chi connectivity index (χ0n) is 8.58. The smallest absolute Gasteiger partial charge is 0.491 e. The van der Waals surface area contributed by atoms with Gasteiger partial charge in [0.15, 0.2) is 6.29 Å². The van der Waals surface area contributed by atoms with Gasteiger partial charge >= 0.3 is 12.1 Å². The lowest BCUT2D eigenvalue weighted by atomic mass is 10.2. The normalized spacial score (nSPS) is 10.8. The van der Waals surface area contributed by atoms with E-state index in [1.807, 2.05) is 0 Å². The van der Waals surface area contributed by atoms with E-state index in [1.54, 1.807) is 0 Å². The largest absolute Gasteiger partial charge is 0.497 e. The molecule has 0 aliphatic heterocycles. The Morgan fingerprint density at radius 3 is 2.47 bits per heavy atom. The highest BCUT2D eigenvalue weighted by Gasteiger charge is 2.41. The predicted octanol–water partition coefficient (Wildman–Crippen LogP) is 1.98. The van der Waals surface area contributed by atoms with E-state index in [9.17, 15) is 22.8 Å². The van der Waals surface area contributed by atoms with Crippen molar-refractivity contribution in [1.29, 1.82) is 0 Å². The lowest BCUT2D eigenvalue weighted by Crippen LogP contribution is -2.28. The molecule has 0 amide bonds. The molecular weight excluding hydrogens is 241 g/mol. The number of ether oxygens (including phenoxy) is 2. The van der Waals surface area contributed by atoms with Crippen LogP contribution in [0.4, 0.5) is 13.2 Å². The Labute approximate surface area is 93.9 Å². The minimum Gasteiger partial charge on any atom is -0.497 e. The lowest BCUT2D eigenvalue weighted by Gasteiger charge is -2.09. The molecule has 4 nitrogen and oxygen atoms in total. The minimum atomic E-state index is -5.11. The van der Waals surface area contributed by atoms with Gasteiger partial charge in [-0.25, -0.2) is 4.79 Å². The summed E-state index contributed by atoms with van der Waals surface area (Å²) in [6.45, 7) is 0. The van der Waals surface area contributed by atoms with E-state index in [4.69, 9.17) is 4.74 Å². The van der Waals surface area contributed by atoms with E-state index in [0.29, 0.717) is 0 Å². The van der Waals surface area contributed by atoms with E-state index >= 15 is 0 Å². The van der Waals surface area contributed by atoms with Crippen molar-refractivity contribution in [2.24, 2.45) is 0 Å². The van der Waals surface area contributed by atoms with Crippen LogP contribution in [-0.2, 0) is 4.79 Å². The van der Waals surface area contributed by atoms with Gasteiger partial charge in [0.05, 0.1) is 12.7 Å². The molecular formula is C10H7F3O4. The van der Waals surface area contributed by atoms with E-state index < -0.39 is 17.9 Å². The number of hydrogen-bond donors (Lipinski definition) is 0. The zero-order chi connectivity index (χ0) is 13.1. The molecule has 1 rings (SSSR count). The number of benzene rings is 1. The van der Waals surface area contributed by atoms with Gasteiger partial charge < -0.3 is 9.47 Å². The van der Waals surface area contributed by atoms with Crippen molar-refractivity contribution in [3.8, 4) is 11.5 Å². The molecule has 0 aromatic heterocycles. The molecule has 0 saturated carbocycles. The van der Waals surface area contributed by atoms with E-state index in [-0.39, 0.29) is 17.6 Å². The third-order valence-corrected chi connectivity index (χ3v) is 1.78. The van der Waals surface area contributed by atoms with Gasteiger partial charge in [0.2, 0.25) is 0 Å². The Balaban J connectivity index is 2.99. The first kappa shape index (κ1) is 13.0. The molecule has 0 fully saturated rings. The fraction of sp³-hybridized carbons (Fsp3) is 0.200. The molecule has 0 unspecified atom stereocenters. The van der Waals surface area contributed by atoms with Crippen molar-refractivity contribution in [2.75, 3.05) is 7.11 Å². The van der Waals surface area contributed by atoms with Crippen LogP contribution in [0.3, 0.4) is 0 Å². The maximum absolute atomic E-state index is 11.9. The molecule has 0 aliphatic rings. The number of methoxy groups -OCH3 is 1. The van der Waals surface area contributed by atoms with Crippen LogP contribution in [0.5, 0.6) is 11.5 Å². The van der Waals surface area contributed by atoms with Crippen LogP contribution in [0.1, 0.15) is 10.4 Å². The number of carbonyl (C=O) groups is 2. The standard InChI is InChI=1S/C10H7F3O4/c1-16-7-2-3-8(6(4-7)5-14)17-9(15)10(11,12)13/h2-5H,1H3. The second kappa shape index (κ2) is 4.86. The van der Waals surface area contributed by atoms with Crippen LogP contribution in [-0.4, -0.2) is 25.5 Å². The summed E-state index contributed by atoms with van der Waals surface area (Å²) in [5.74, 6) is -2.59. The van der Waals surface area contributed by atoms with Gasteiger partial charge in [0, 0.05) is 0 Å². The Morgan fingerprint density at radius 1 is 1.35 bits per heavy atom. The average Bonchev–Trinajstić information content (AvgIpc) is 2.28. The van der Waals surface area contributed by atoms with Crippen molar-refractivity contribution >= 4 is 12.3 Å². The Hall–Kier alpha value is -2.05. The number of alkyl halides is 3. The maximum atomic E-state index is 11.9. The summed E-state index contributed by atoms with van der Waals surface area (Å²) in [4.78, 5) is 21.2. The van der Waals surface area contributed by atoms with Crippen molar-refractivity contribution in [3.05, 3.63) is 23.8 Å². The molecule has 0 saturated heterocycles. The number of rotatable bonds is 3. The molecule has 1 aromatic carbocycles. The Kier molecular flexibility index (Phi) is 3.72. The summed E-state index contributed by atoms with van der Waals surface area (Å²) in [5, 5.41) is 0. The summed E-state index contributed by atoms with van der Waals surface area (Å²) >= 11 is 0. The third kappa shape index (κ3) is 3.20. The minimum absolute atomic E-state index is 0.207. The molecule has 7 heteroatoms. The molecule has 0 N–H and O–H groups in total. The van der Waals surface area contributed by atoms with Gasteiger partial charge in [0.1, 0.15) is 11.5 Å². The molecule has 1 aromatic rings. The van der Waals surface area contributed by atoms with E-state index in [0.717, 1.165) is 12.1 Å². The average molecular weight is 248 g/mol. The van der Waals surface area contributed by atoms with E-state index in [2.05, 4.69) is 4.74 Å². The number of aldehydes is 1. The van der Waals surface area contributed by atoms with Gasteiger partial charge in [-0.15, -0.1) is 0 Å². The highest BCUT2D eigenvalue weighted by molar-refractivity contribution is 5.84. The highest BCUT2D eigenvalue weighted by Crippen LogP contribution is 2.25. The monoisotopic (exact) mass is 248 g/mol. The first-order valence-electron chi connectivity index (χ1n) is 4.30. The van der Waals surface area contributed by atoms with Gasteiger partial charge in [-0.3, -0.25) is 4.79 Å². The number of halogens is 3. The third-order valence-electron chi connectivity index (χ3n) is 1.78. The van der Waals surface area contributed by atoms with Crippen molar-refractivity contribution in [3.63, 3.8) is 0 Å². The molecule has 0 radical (unpaired) electrons. The number of esters is 1. The molecule has 0 aliphatic carbocycles. The van der Waals surface area contributed by atoms with Gasteiger partial charge in [0.25, 0.3) is 0 Å². The lowest BCUT2D eigenvalue weighted by molar-refractivity contribution is -0.189. The summed E-state index contributed by atoms with van der Waals surface area (Å²) < 4.78 is 44.6. The van der Waals surface area contributed by atoms with Crippen LogP contribution in [0.2, 0.25) is 0 Å². The molecule has 0 atom stereocenters. The second-order valence-electron chi connectivity index (χ2n) is 2.91. The highest BCUT2D eigenvalue weighted by atomic mass is 19.4. The zero-order valence-corrected chi connectivity index (χ0v) is 8.58. The molecule has 17 heavy (non-hydrogen) atoms. The molecule has 0 heterocycles. The number of hydrogen-bond acceptors (Lipinski definition) is 4. The van der Waals surface area contributed by atoms with E-state index in [1.165, 1.54) is 13.2 Å². The van der Waals surface area contributed by atoms with Gasteiger partial charge in [-0.05, 0) is 18.2 Å². The Bertz CT molecular complexity index is 440. The van der Waals surface area contributed by atoms with Gasteiger partial charge in [-0.1, -0.05) is 0 Å². The fourth-order valence-corrected chi connectivity index (χ4v) is 0.996. The number of carbonyl (C=O) groups excluding carboxylic acids is 2. The molecule has 0 spiro atoms. The first-order chi connectivity index (χ1) is 7.88.